The Kier molecular flexibility index (Phi) is 3.71. The van der Waals surface area contributed by atoms with Crippen LogP contribution in [0.4, 0.5) is 0 Å². The number of Topliss-reactive ketones (excluding diaryl/α,β-unsaturated/α-hetero) is 1. The highest BCUT2D eigenvalue weighted by Gasteiger charge is 2.22. The Balaban J connectivity index is 2.36. The Morgan fingerprint density at radius 3 is 2.72 bits per heavy atom. The Morgan fingerprint density at radius 1 is 1.28 bits per heavy atom. The van der Waals surface area contributed by atoms with Gasteiger partial charge in [0.2, 0.25) is 0 Å². The van der Waals surface area contributed by atoms with Crippen LogP contribution < -0.4 is 0 Å². The largest absolute Gasteiger partial charge is 0.292 e. The van der Waals surface area contributed by atoms with Gasteiger partial charge in [-0.1, -0.05) is 29.8 Å². The zero-order chi connectivity index (χ0) is 13.0. The SMILES string of the molecule is N#C[C@@H](C(=O)c1cccc(Cl)c1)c1ccccn1. The van der Waals surface area contributed by atoms with Crippen LogP contribution in [0.3, 0.4) is 0 Å². The predicted octanol–water partition coefficient (Wildman–Crippen LogP) is 3.23. The number of benzene rings is 1. The molecule has 0 aliphatic carbocycles. The van der Waals surface area contributed by atoms with E-state index in [-0.39, 0.29) is 5.78 Å². The molecule has 0 N–H and O–H groups in total. The number of nitrogens with zero attached hydrogens (tertiary/aromatic N) is 2. The first-order valence-corrected chi connectivity index (χ1v) is 5.70. The number of nitriles is 1. The average Bonchev–Trinajstić information content (AvgIpc) is 2.41. The number of rotatable bonds is 3. The van der Waals surface area contributed by atoms with E-state index in [0.29, 0.717) is 16.3 Å². The summed E-state index contributed by atoms with van der Waals surface area (Å²) in [6.07, 6.45) is 1.56. The minimum Gasteiger partial charge on any atom is -0.292 e. The normalized spacial score (nSPS) is 11.6. The van der Waals surface area contributed by atoms with Crippen molar-refractivity contribution in [2.75, 3.05) is 0 Å². The molecular formula is C14H9ClN2O. The van der Waals surface area contributed by atoms with E-state index >= 15 is 0 Å². The lowest BCUT2D eigenvalue weighted by atomic mass is 9.95. The van der Waals surface area contributed by atoms with E-state index in [1.807, 2.05) is 6.07 Å². The van der Waals surface area contributed by atoms with Crippen molar-refractivity contribution in [3.05, 3.63) is 64.9 Å². The van der Waals surface area contributed by atoms with Crippen LogP contribution in [-0.2, 0) is 0 Å². The standard InChI is InChI=1S/C14H9ClN2O/c15-11-5-3-4-10(8-11)14(18)12(9-16)13-6-1-2-7-17-13/h1-8,12H/t12-/m1/s1. The summed E-state index contributed by atoms with van der Waals surface area (Å²) in [5.41, 5.74) is 0.865. The van der Waals surface area contributed by atoms with Crippen molar-refractivity contribution < 1.29 is 4.79 Å². The molecule has 1 aromatic heterocycles. The fraction of sp³-hybridized carbons (Fsp3) is 0.0714. The molecule has 0 unspecified atom stereocenters. The van der Waals surface area contributed by atoms with Crippen LogP contribution in [0.25, 0.3) is 0 Å². The summed E-state index contributed by atoms with van der Waals surface area (Å²) in [4.78, 5) is 16.3. The maximum atomic E-state index is 12.2. The molecule has 18 heavy (non-hydrogen) atoms. The molecule has 1 heterocycles. The number of halogens is 1. The van der Waals surface area contributed by atoms with Crippen molar-refractivity contribution in [3.8, 4) is 6.07 Å². The van der Waals surface area contributed by atoms with Crippen LogP contribution in [0.1, 0.15) is 22.0 Å². The van der Waals surface area contributed by atoms with Crippen molar-refractivity contribution in [1.82, 2.24) is 4.98 Å². The molecule has 0 saturated heterocycles. The third-order valence-corrected chi connectivity index (χ3v) is 2.72. The smallest absolute Gasteiger partial charge is 0.186 e. The van der Waals surface area contributed by atoms with Crippen molar-refractivity contribution >= 4 is 17.4 Å². The Morgan fingerprint density at radius 2 is 2.11 bits per heavy atom. The van der Waals surface area contributed by atoms with E-state index in [4.69, 9.17) is 16.9 Å². The first-order chi connectivity index (χ1) is 8.72. The van der Waals surface area contributed by atoms with Gasteiger partial charge in [-0.05, 0) is 24.3 Å². The minimum atomic E-state index is -0.898. The average molecular weight is 257 g/mol. The number of carbonyl (C=O) groups excluding carboxylic acids is 1. The molecule has 88 valence electrons. The first kappa shape index (κ1) is 12.3. The zero-order valence-corrected chi connectivity index (χ0v) is 10.1. The summed E-state index contributed by atoms with van der Waals surface area (Å²) in [6, 6.07) is 13.7. The molecule has 0 aliphatic heterocycles. The Hall–Kier alpha value is -2.18. The summed E-state index contributed by atoms with van der Waals surface area (Å²) in [6.45, 7) is 0. The fourth-order valence-electron chi connectivity index (χ4n) is 1.61. The van der Waals surface area contributed by atoms with Crippen LogP contribution in [0.2, 0.25) is 5.02 Å². The maximum absolute atomic E-state index is 12.2. The second-order valence-electron chi connectivity index (χ2n) is 3.69. The molecule has 0 spiro atoms. The second-order valence-corrected chi connectivity index (χ2v) is 4.13. The van der Waals surface area contributed by atoms with Gasteiger partial charge in [0.25, 0.3) is 0 Å². The molecule has 2 rings (SSSR count). The van der Waals surface area contributed by atoms with Gasteiger partial charge in [-0.3, -0.25) is 9.78 Å². The summed E-state index contributed by atoms with van der Waals surface area (Å²) in [5, 5.41) is 9.61. The number of pyridine rings is 1. The molecule has 0 saturated carbocycles. The summed E-state index contributed by atoms with van der Waals surface area (Å²) >= 11 is 5.83. The van der Waals surface area contributed by atoms with Gasteiger partial charge in [0.15, 0.2) is 11.7 Å². The lowest BCUT2D eigenvalue weighted by Crippen LogP contribution is -2.12. The number of carbonyl (C=O) groups is 1. The highest BCUT2D eigenvalue weighted by Crippen LogP contribution is 2.20. The molecular weight excluding hydrogens is 248 g/mol. The topological polar surface area (TPSA) is 53.8 Å². The zero-order valence-electron chi connectivity index (χ0n) is 9.38. The minimum absolute atomic E-state index is 0.293. The van der Waals surface area contributed by atoms with E-state index in [1.165, 1.54) is 0 Å². The van der Waals surface area contributed by atoms with Crippen molar-refractivity contribution in [2.45, 2.75) is 5.92 Å². The molecule has 1 atom stereocenters. The van der Waals surface area contributed by atoms with Crippen LogP contribution in [0.5, 0.6) is 0 Å². The highest BCUT2D eigenvalue weighted by molar-refractivity contribution is 6.31. The van der Waals surface area contributed by atoms with Gasteiger partial charge in [-0.2, -0.15) is 5.26 Å². The maximum Gasteiger partial charge on any atom is 0.186 e. The molecule has 0 amide bonds. The third kappa shape index (κ3) is 2.55. The molecule has 0 fully saturated rings. The van der Waals surface area contributed by atoms with Gasteiger partial charge in [0, 0.05) is 16.8 Å². The lowest BCUT2D eigenvalue weighted by molar-refractivity contribution is 0.0977. The molecule has 0 bridgehead atoms. The van der Waals surface area contributed by atoms with Crippen LogP contribution in [-0.4, -0.2) is 10.8 Å². The first-order valence-electron chi connectivity index (χ1n) is 5.32. The summed E-state index contributed by atoms with van der Waals surface area (Å²) in [5.74, 6) is -1.19. The quantitative estimate of drug-likeness (QED) is 0.793. The molecule has 1 aromatic carbocycles. The Bertz CT molecular complexity index is 605. The van der Waals surface area contributed by atoms with Gasteiger partial charge >= 0.3 is 0 Å². The highest BCUT2D eigenvalue weighted by atomic mass is 35.5. The molecule has 4 heteroatoms. The van der Waals surface area contributed by atoms with E-state index in [2.05, 4.69) is 4.98 Å². The summed E-state index contributed by atoms with van der Waals surface area (Å²) < 4.78 is 0. The van der Waals surface area contributed by atoms with Crippen LogP contribution in [0, 0.1) is 11.3 Å². The lowest BCUT2D eigenvalue weighted by Gasteiger charge is -2.07. The molecule has 0 radical (unpaired) electrons. The van der Waals surface area contributed by atoms with E-state index in [1.54, 1.807) is 48.7 Å². The Labute approximate surface area is 110 Å². The molecule has 2 aromatic rings. The molecule has 3 nitrogen and oxygen atoms in total. The molecule has 0 aliphatic rings. The van der Waals surface area contributed by atoms with Crippen LogP contribution in [0.15, 0.2) is 48.7 Å². The monoisotopic (exact) mass is 256 g/mol. The third-order valence-electron chi connectivity index (χ3n) is 2.48. The van der Waals surface area contributed by atoms with Gasteiger partial charge < -0.3 is 0 Å². The predicted molar refractivity (Wildman–Crippen MR) is 68.4 cm³/mol. The second kappa shape index (κ2) is 5.44. The van der Waals surface area contributed by atoms with Gasteiger partial charge in [-0.15, -0.1) is 0 Å². The number of aromatic nitrogens is 1. The number of ketones is 1. The summed E-state index contributed by atoms with van der Waals surface area (Å²) in [7, 11) is 0. The van der Waals surface area contributed by atoms with Crippen LogP contribution >= 0.6 is 11.6 Å². The van der Waals surface area contributed by atoms with Gasteiger partial charge in [-0.25, -0.2) is 0 Å². The van der Waals surface area contributed by atoms with Crippen molar-refractivity contribution in [3.63, 3.8) is 0 Å². The van der Waals surface area contributed by atoms with E-state index < -0.39 is 5.92 Å². The van der Waals surface area contributed by atoms with Crippen molar-refractivity contribution in [2.24, 2.45) is 0 Å². The van der Waals surface area contributed by atoms with Gasteiger partial charge in [0.05, 0.1) is 11.8 Å². The van der Waals surface area contributed by atoms with E-state index in [0.717, 1.165) is 0 Å². The van der Waals surface area contributed by atoms with Gasteiger partial charge in [0.1, 0.15) is 0 Å². The van der Waals surface area contributed by atoms with E-state index in [9.17, 15) is 4.79 Å². The van der Waals surface area contributed by atoms with Crippen molar-refractivity contribution in [1.29, 1.82) is 5.26 Å². The number of hydrogen-bond donors (Lipinski definition) is 0. The number of hydrogen-bond acceptors (Lipinski definition) is 3. The fourth-order valence-corrected chi connectivity index (χ4v) is 1.80.